The van der Waals surface area contributed by atoms with Crippen molar-refractivity contribution in [3.8, 4) is 0 Å². The molecule has 3 unspecified atom stereocenters. The van der Waals surface area contributed by atoms with Gasteiger partial charge >= 0.3 is 5.97 Å². The molecule has 0 radical (unpaired) electrons. The third-order valence-corrected chi connectivity index (χ3v) is 3.65. The lowest BCUT2D eigenvalue weighted by Gasteiger charge is -2.15. The van der Waals surface area contributed by atoms with Gasteiger partial charge in [0.25, 0.3) is 0 Å². The van der Waals surface area contributed by atoms with Crippen molar-refractivity contribution in [1.82, 2.24) is 5.32 Å². The molecule has 3 atom stereocenters. The van der Waals surface area contributed by atoms with Gasteiger partial charge < -0.3 is 19.9 Å². The van der Waals surface area contributed by atoms with Crippen molar-refractivity contribution in [2.24, 2.45) is 17.8 Å². The van der Waals surface area contributed by atoms with Crippen LogP contribution in [0, 0.1) is 17.8 Å². The highest BCUT2D eigenvalue weighted by Crippen LogP contribution is 2.36. The normalized spacial score (nSPS) is 25.6. The van der Waals surface area contributed by atoms with E-state index in [-0.39, 0.29) is 5.91 Å². The van der Waals surface area contributed by atoms with E-state index in [0.29, 0.717) is 45.1 Å². The number of hydrogen-bond donors (Lipinski definition) is 2. The van der Waals surface area contributed by atoms with Crippen LogP contribution in [-0.2, 0) is 19.1 Å². The SMILES string of the molecule is COCCOCCCNC(=O)C1CC(C)CC1C(=O)O. The number of hydrogen-bond acceptors (Lipinski definition) is 4. The Bertz CT molecular complexity index is 321. The molecule has 2 N–H and O–H groups in total. The van der Waals surface area contributed by atoms with Gasteiger partial charge in [-0.2, -0.15) is 0 Å². The van der Waals surface area contributed by atoms with Gasteiger partial charge in [-0.25, -0.2) is 0 Å². The number of nitrogens with one attached hydrogen (secondary N) is 1. The second-order valence-electron chi connectivity index (χ2n) is 5.38. The summed E-state index contributed by atoms with van der Waals surface area (Å²) in [5.41, 5.74) is 0. The second kappa shape index (κ2) is 8.92. The maximum Gasteiger partial charge on any atom is 0.307 e. The summed E-state index contributed by atoms with van der Waals surface area (Å²) in [6, 6.07) is 0. The molecule has 1 rings (SSSR count). The molecule has 1 aliphatic carbocycles. The largest absolute Gasteiger partial charge is 0.481 e. The fourth-order valence-electron chi connectivity index (χ4n) is 2.62. The van der Waals surface area contributed by atoms with E-state index in [4.69, 9.17) is 14.6 Å². The maximum absolute atomic E-state index is 12.0. The van der Waals surface area contributed by atoms with E-state index < -0.39 is 17.8 Å². The standard InChI is InChI=1S/C14H25NO5/c1-10-8-11(12(9-10)14(17)18)13(16)15-4-3-5-20-7-6-19-2/h10-12H,3-9H2,1-2H3,(H,15,16)(H,17,18). The lowest BCUT2D eigenvalue weighted by atomic mass is 9.95. The van der Waals surface area contributed by atoms with E-state index in [0.717, 1.165) is 6.42 Å². The zero-order valence-corrected chi connectivity index (χ0v) is 12.3. The molecule has 0 aromatic heterocycles. The third kappa shape index (κ3) is 5.46. The van der Waals surface area contributed by atoms with Crippen LogP contribution in [0.2, 0.25) is 0 Å². The Balaban J connectivity index is 2.20. The summed E-state index contributed by atoms with van der Waals surface area (Å²) in [7, 11) is 1.62. The minimum absolute atomic E-state index is 0.140. The van der Waals surface area contributed by atoms with Crippen LogP contribution in [-0.4, -0.2) is 50.5 Å². The molecule has 0 bridgehead atoms. The highest BCUT2D eigenvalue weighted by Gasteiger charge is 2.40. The van der Waals surface area contributed by atoms with Gasteiger partial charge in [0.05, 0.1) is 25.0 Å². The lowest BCUT2D eigenvalue weighted by molar-refractivity contribution is -0.146. The summed E-state index contributed by atoms with van der Waals surface area (Å²) in [4.78, 5) is 23.1. The zero-order valence-electron chi connectivity index (χ0n) is 12.3. The number of ether oxygens (including phenoxy) is 2. The van der Waals surface area contributed by atoms with Crippen LogP contribution in [0.15, 0.2) is 0 Å². The Morgan fingerprint density at radius 2 is 1.90 bits per heavy atom. The van der Waals surface area contributed by atoms with Crippen LogP contribution in [0.3, 0.4) is 0 Å². The van der Waals surface area contributed by atoms with Crippen molar-refractivity contribution < 1.29 is 24.2 Å². The van der Waals surface area contributed by atoms with Gasteiger partial charge in [0.15, 0.2) is 0 Å². The van der Waals surface area contributed by atoms with Crippen molar-refractivity contribution in [3.63, 3.8) is 0 Å². The monoisotopic (exact) mass is 287 g/mol. The molecule has 20 heavy (non-hydrogen) atoms. The molecule has 0 heterocycles. The van der Waals surface area contributed by atoms with Crippen molar-refractivity contribution in [3.05, 3.63) is 0 Å². The number of carboxylic acids is 1. The van der Waals surface area contributed by atoms with Gasteiger partial charge in [0, 0.05) is 20.3 Å². The van der Waals surface area contributed by atoms with Crippen LogP contribution in [0.5, 0.6) is 0 Å². The van der Waals surface area contributed by atoms with Gasteiger partial charge in [0.1, 0.15) is 0 Å². The lowest BCUT2D eigenvalue weighted by Crippen LogP contribution is -2.36. The molecular formula is C14H25NO5. The average Bonchev–Trinajstić information content (AvgIpc) is 2.80. The predicted molar refractivity (Wildman–Crippen MR) is 73.3 cm³/mol. The van der Waals surface area contributed by atoms with Gasteiger partial charge in [-0.3, -0.25) is 9.59 Å². The topological polar surface area (TPSA) is 84.9 Å². The number of rotatable bonds is 9. The Morgan fingerprint density at radius 3 is 2.55 bits per heavy atom. The van der Waals surface area contributed by atoms with Crippen LogP contribution in [0.1, 0.15) is 26.2 Å². The van der Waals surface area contributed by atoms with Gasteiger partial charge in [0.2, 0.25) is 5.91 Å². The van der Waals surface area contributed by atoms with E-state index in [1.165, 1.54) is 0 Å². The van der Waals surface area contributed by atoms with Crippen molar-refractivity contribution in [1.29, 1.82) is 0 Å². The number of carbonyl (C=O) groups is 2. The summed E-state index contributed by atoms with van der Waals surface area (Å²) < 4.78 is 10.1. The Labute approximate surface area is 119 Å². The second-order valence-corrected chi connectivity index (χ2v) is 5.38. The zero-order chi connectivity index (χ0) is 15.0. The van der Waals surface area contributed by atoms with Crippen LogP contribution in [0.4, 0.5) is 0 Å². The minimum Gasteiger partial charge on any atom is -0.481 e. The maximum atomic E-state index is 12.0. The molecule has 116 valence electrons. The number of carbonyl (C=O) groups excluding carboxylic acids is 1. The molecule has 0 aromatic carbocycles. The van der Waals surface area contributed by atoms with Crippen LogP contribution >= 0.6 is 0 Å². The van der Waals surface area contributed by atoms with Gasteiger partial charge in [-0.15, -0.1) is 0 Å². The number of amides is 1. The Kier molecular flexibility index (Phi) is 7.54. The number of carboxylic acid groups (broad SMARTS) is 1. The van der Waals surface area contributed by atoms with E-state index in [1.54, 1.807) is 7.11 Å². The first-order chi connectivity index (χ1) is 9.56. The molecular weight excluding hydrogens is 262 g/mol. The van der Waals surface area contributed by atoms with Gasteiger partial charge in [-0.1, -0.05) is 6.92 Å². The molecule has 1 aliphatic rings. The number of methoxy groups -OCH3 is 1. The molecule has 0 spiro atoms. The smallest absolute Gasteiger partial charge is 0.307 e. The highest BCUT2D eigenvalue weighted by molar-refractivity contribution is 5.85. The minimum atomic E-state index is -0.864. The first kappa shape index (κ1) is 16.9. The summed E-state index contributed by atoms with van der Waals surface area (Å²) in [5.74, 6) is -1.64. The molecule has 6 heteroatoms. The van der Waals surface area contributed by atoms with E-state index >= 15 is 0 Å². The molecule has 6 nitrogen and oxygen atoms in total. The predicted octanol–water partition coefficient (Wildman–Crippen LogP) is 0.903. The van der Waals surface area contributed by atoms with Crippen LogP contribution < -0.4 is 5.32 Å². The summed E-state index contributed by atoms with van der Waals surface area (Å²) in [5, 5.41) is 11.9. The molecule has 1 amide bonds. The van der Waals surface area contributed by atoms with E-state index in [1.807, 2.05) is 6.92 Å². The van der Waals surface area contributed by atoms with E-state index in [2.05, 4.69) is 5.32 Å². The van der Waals surface area contributed by atoms with Crippen molar-refractivity contribution in [2.75, 3.05) is 33.5 Å². The van der Waals surface area contributed by atoms with Crippen molar-refractivity contribution >= 4 is 11.9 Å². The Hall–Kier alpha value is -1.14. The first-order valence-corrected chi connectivity index (χ1v) is 7.13. The molecule has 0 aromatic rings. The summed E-state index contributed by atoms with van der Waals surface area (Å²) in [6.45, 7) is 4.18. The molecule has 1 saturated carbocycles. The Morgan fingerprint density at radius 1 is 1.20 bits per heavy atom. The summed E-state index contributed by atoms with van der Waals surface area (Å²) in [6.07, 6.45) is 1.97. The van der Waals surface area contributed by atoms with Crippen LogP contribution in [0.25, 0.3) is 0 Å². The highest BCUT2D eigenvalue weighted by atomic mass is 16.5. The third-order valence-electron chi connectivity index (χ3n) is 3.65. The summed E-state index contributed by atoms with van der Waals surface area (Å²) >= 11 is 0. The fourth-order valence-corrected chi connectivity index (χ4v) is 2.62. The molecule has 0 aliphatic heterocycles. The molecule has 1 fully saturated rings. The first-order valence-electron chi connectivity index (χ1n) is 7.13. The molecule has 0 saturated heterocycles. The quantitative estimate of drug-likeness (QED) is 0.616. The average molecular weight is 287 g/mol. The number of aliphatic carboxylic acids is 1. The van der Waals surface area contributed by atoms with Crippen molar-refractivity contribution in [2.45, 2.75) is 26.2 Å². The fraction of sp³-hybridized carbons (Fsp3) is 0.857. The van der Waals surface area contributed by atoms with Gasteiger partial charge in [-0.05, 0) is 25.2 Å². The van der Waals surface area contributed by atoms with E-state index in [9.17, 15) is 9.59 Å².